The van der Waals surface area contributed by atoms with E-state index in [-0.39, 0.29) is 10.8 Å². The minimum atomic E-state index is -0.612. The second-order valence-corrected chi connectivity index (χ2v) is 3.91. The fourth-order valence-corrected chi connectivity index (χ4v) is 2.68. The SMILES string of the molecule is CC[C@]1([N+](=O)[O-])C[C@@H]2C=C[C@H]1C2. The van der Waals surface area contributed by atoms with Gasteiger partial charge in [-0.2, -0.15) is 0 Å². The van der Waals surface area contributed by atoms with Gasteiger partial charge >= 0.3 is 0 Å². The molecule has 2 bridgehead atoms. The van der Waals surface area contributed by atoms with Crippen LogP contribution in [0.15, 0.2) is 12.2 Å². The smallest absolute Gasteiger partial charge is 0.228 e. The number of fused-ring (bicyclic) bond motifs is 2. The van der Waals surface area contributed by atoms with E-state index in [0.29, 0.717) is 12.3 Å². The van der Waals surface area contributed by atoms with Crippen molar-refractivity contribution in [1.82, 2.24) is 0 Å². The normalized spacial score (nSPS) is 43.8. The Morgan fingerprint density at radius 3 is 2.67 bits per heavy atom. The van der Waals surface area contributed by atoms with E-state index in [1.54, 1.807) is 0 Å². The van der Waals surface area contributed by atoms with Crippen molar-refractivity contribution in [2.24, 2.45) is 11.8 Å². The largest absolute Gasteiger partial charge is 0.264 e. The molecule has 66 valence electrons. The Morgan fingerprint density at radius 1 is 1.67 bits per heavy atom. The van der Waals surface area contributed by atoms with Crippen LogP contribution in [0.3, 0.4) is 0 Å². The van der Waals surface area contributed by atoms with E-state index in [1.807, 2.05) is 13.0 Å². The van der Waals surface area contributed by atoms with Crippen LogP contribution in [-0.4, -0.2) is 10.5 Å². The maximum atomic E-state index is 10.9. The molecule has 1 fully saturated rings. The van der Waals surface area contributed by atoms with Crippen LogP contribution in [-0.2, 0) is 0 Å². The highest BCUT2D eigenvalue weighted by molar-refractivity contribution is 5.16. The molecule has 2 aliphatic rings. The summed E-state index contributed by atoms with van der Waals surface area (Å²) in [6, 6.07) is 0. The van der Waals surface area contributed by atoms with Gasteiger partial charge in [0.2, 0.25) is 5.54 Å². The van der Waals surface area contributed by atoms with Crippen molar-refractivity contribution in [3.05, 3.63) is 22.3 Å². The van der Waals surface area contributed by atoms with Crippen molar-refractivity contribution in [2.75, 3.05) is 0 Å². The van der Waals surface area contributed by atoms with E-state index in [1.165, 1.54) is 0 Å². The second kappa shape index (κ2) is 2.31. The molecule has 0 saturated heterocycles. The van der Waals surface area contributed by atoms with Crippen molar-refractivity contribution >= 4 is 0 Å². The summed E-state index contributed by atoms with van der Waals surface area (Å²) >= 11 is 0. The molecule has 0 N–H and O–H groups in total. The molecule has 0 heterocycles. The Bertz CT molecular complexity index is 249. The molecule has 0 aliphatic heterocycles. The Balaban J connectivity index is 2.31. The Hall–Kier alpha value is -0.860. The molecular formula is C9H13NO2. The van der Waals surface area contributed by atoms with Crippen LogP contribution in [0.1, 0.15) is 26.2 Å². The summed E-state index contributed by atoms with van der Waals surface area (Å²) in [5, 5.41) is 10.9. The summed E-state index contributed by atoms with van der Waals surface area (Å²) in [5.74, 6) is 0.697. The first kappa shape index (κ1) is 7.77. The van der Waals surface area contributed by atoms with Crippen LogP contribution in [0.2, 0.25) is 0 Å². The molecule has 0 amide bonds. The Morgan fingerprint density at radius 2 is 2.42 bits per heavy atom. The third-order valence-electron chi connectivity index (χ3n) is 3.45. The zero-order valence-electron chi connectivity index (χ0n) is 7.19. The number of nitrogens with zero attached hydrogens (tertiary/aromatic N) is 1. The lowest BCUT2D eigenvalue weighted by molar-refractivity contribution is -0.576. The highest BCUT2D eigenvalue weighted by Crippen LogP contribution is 2.49. The van der Waals surface area contributed by atoms with E-state index in [2.05, 4.69) is 6.08 Å². The predicted octanol–water partition coefficient (Wildman–Crippen LogP) is 2.01. The molecule has 0 unspecified atom stereocenters. The quantitative estimate of drug-likeness (QED) is 0.358. The number of nitro groups is 1. The number of hydrogen-bond donors (Lipinski definition) is 0. The summed E-state index contributed by atoms with van der Waals surface area (Å²) in [7, 11) is 0. The van der Waals surface area contributed by atoms with E-state index in [9.17, 15) is 10.1 Å². The van der Waals surface area contributed by atoms with Crippen molar-refractivity contribution in [1.29, 1.82) is 0 Å². The first-order valence-corrected chi connectivity index (χ1v) is 4.52. The molecule has 3 nitrogen and oxygen atoms in total. The van der Waals surface area contributed by atoms with Gasteiger partial charge in [0.25, 0.3) is 0 Å². The molecule has 0 aromatic heterocycles. The van der Waals surface area contributed by atoms with Crippen LogP contribution in [0, 0.1) is 22.0 Å². The molecule has 0 radical (unpaired) electrons. The van der Waals surface area contributed by atoms with Gasteiger partial charge in [0.1, 0.15) is 0 Å². The number of hydrogen-bond acceptors (Lipinski definition) is 2. The molecule has 2 aliphatic carbocycles. The molecule has 3 heteroatoms. The van der Waals surface area contributed by atoms with Gasteiger partial charge in [0.15, 0.2) is 0 Å². The van der Waals surface area contributed by atoms with Gasteiger partial charge in [0.05, 0.1) is 0 Å². The molecular weight excluding hydrogens is 154 g/mol. The second-order valence-electron chi connectivity index (χ2n) is 3.91. The third kappa shape index (κ3) is 0.765. The van der Waals surface area contributed by atoms with Gasteiger partial charge in [-0.05, 0) is 12.3 Å². The van der Waals surface area contributed by atoms with Gasteiger partial charge in [-0.1, -0.05) is 19.1 Å². The summed E-state index contributed by atoms with van der Waals surface area (Å²) in [6.45, 7) is 1.93. The first-order chi connectivity index (χ1) is 5.69. The van der Waals surface area contributed by atoms with Crippen LogP contribution in [0.5, 0.6) is 0 Å². The first-order valence-electron chi connectivity index (χ1n) is 4.52. The van der Waals surface area contributed by atoms with Gasteiger partial charge < -0.3 is 0 Å². The molecule has 2 rings (SSSR count). The standard InChI is InChI=1S/C9H13NO2/c1-2-9(10(11)12)6-7-3-4-8(9)5-7/h3-4,7-8H,2,5-6H2,1H3/t7-,8+,9+/m1/s1. The highest BCUT2D eigenvalue weighted by atomic mass is 16.6. The lowest BCUT2D eigenvalue weighted by Gasteiger charge is -2.25. The fraction of sp³-hybridized carbons (Fsp3) is 0.778. The highest BCUT2D eigenvalue weighted by Gasteiger charge is 2.56. The minimum absolute atomic E-state index is 0.0544. The van der Waals surface area contributed by atoms with E-state index >= 15 is 0 Å². The van der Waals surface area contributed by atoms with Gasteiger partial charge in [0, 0.05) is 23.7 Å². The van der Waals surface area contributed by atoms with Crippen LogP contribution in [0.25, 0.3) is 0 Å². The minimum Gasteiger partial charge on any atom is -0.264 e. The lowest BCUT2D eigenvalue weighted by Crippen LogP contribution is -2.41. The van der Waals surface area contributed by atoms with E-state index in [4.69, 9.17) is 0 Å². The van der Waals surface area contributed by atoms with Crippen LogP contribution < -0.4 is 0 Å². The van der Waals surface area contributed by atoms with Crippen molar-refractivity contribution in [2.45, 2.75) is 31.7 Å². The summed E-state index contributed by atoms with van der Waals surface area (Å²) in [6.07, 6.45) is 6.63. The average Bonchev–Trinajstić information content (AvgIpc) is 2.62. The molecule has 0 aromatic rings. The van der Waals surface area contributed by atoms with Crippen molar-refractivity contribution in [3.8, 4) is 0 Å². The maximum Gasteiger partial charge on any atom is 0.228 e. The van der Waals surface area contributed by atoms with Crippen molar-refractivity contribution in [3.63, 3.8) is 0 Å². The van der Waals surface area contributed by atoms with Crippen LogP contribution in [0.4, 0.5) is 0 Å². The fourth-order valence-electron chi connectivity index (χ4n) is 2.68. The summed E-state index contributed by atoms with van der Waals surface area (Å²) in [5.41, 5.74) is -0.612. The molecule has 12 heavy (non-hydrogen) atoms. The molecule has 0 aromatic carbocycles. The topological polar surface area (TPSA) is 43.1 Å². The molecule has 3 atom stereocenters. The number of rotatable bonds is 2. The van der Waals surface area contributed by atoms with Gasteiger partial charge in [-0.15, -0.1) is 0 Å². The Kier molecular flexibility index (Phi) is 1.50. The maximum absolute atomic E-state index is 10.9. The molecule has 1 saturated carbocycles. The monoisotopic (exact) mass is 167 g/mol. The summed E-state index contributed by atoms with van der Waals surface area (Å²) in [4.78, 5) is 10.9. The van der Waals surface area contributed by atoms with Gasteiger partial charge in [-0.25, -0.2) is 0 Å². The third-order valence-corrected chi connectivity index (χ3v) is 3.45. The van der Waals surface area contributed by atoms with E-state index in [0.717, 1.165) is 12.8 Å². The number of allylic oxidation sites excluding steroid dienone is 1. The zero-order chi connectivity index (χ0) is 8.77. The lowest BCUT2D eigenvalue weighted by atomic mass is 9.83. The average molecular weight is 167 g/mol. The van der Waals surface area contributed by atoms with Crippen molar-refractivity contribution < 1.29 is 4.92 Å². The Labute approximate surface area is 71.6 Å². The molecule has 0 spiro atoms. The van der Waals surface area contributed by atoms with Crippen LogP contribution >= 0.6 is 0 Å². The summed E-state index contributed by atoms with van der Waals surface area (Å²) < 4.78 is 0. The predicted molar refractivity (Wildman–Crippen MR) is 45.4 cm³/mol. The van der Waals surface area contributed by atoms with E-state index < -0.39 is 5.54 Å². The zero-order valence-corrected chi connectivity index (χ0v) is 7.19. The van der Waals surface area contributed by atoms with Gasteiger partial charge in [-0.3, -0.25) is 10.1 Å².